The van der Waals surface area contributed by atoms with Gasteiger partial charge in [-0.3, -0.25) is 14.5 Å². The van der Waals surface area contributed by atoms with Crippen molar-refractivity contribution in [3.05, 3.63) is 68.5 Å². The van der Waals surface area contributed by atoms with Gasteiger partial charge in [-0.2, -0.15) is 0 Å². The summed E-state index contributed by atoms with van der Waals surface area (Å²) in [6.07, 6.45) is 1.85. The van der Waals surface area contributed by atoms with Gasteiger partial charge in [0.1, 0.15) is 16.7 Å². The maximum atomic E-state index is 12.6. The number of halogens is 2. The second-order valence-corrected chi connectivity index (χ2v) is 8.71. The molecule has 0 unspecified atom stereocenters. The summed E-state index contributed by atoms with van der Waals surface area (Å²) in [5.74, 6) is 0.0399. The number of methoxy groups -OCH3 is 1. The zero-order chi connectivity index (χ0) is 21.7. The summed E-state index contributed by atoms with van der Waals surface area (Å²) in [6.45, 7) is 0.447. The van der Waals surface area contributed by atoms with Crippen molar-refractivity contribution in [2.45, 2.75) is 13.0 Å². The van der Waals surface area contributed by atoms with Crippen LogP contribution < -0.4 is 4.74 Å². The average Bonchev–Trinajstić information content (AvgIpc) is 2.99. The number of esters is 1. The Kier molecular flexibility index (Phi) is 7.77. The topological polar surface area (TPSA) is 55.8 Å². The Morgan fingerprint density at radius 2 is 1.83 bits per heavy atom. The first-order chi connectivity index (χ1) is 14.4. The van der Waals surface area contributed by atoms with Crippen molar-refractivity contribution in [1.82, 2.24) is 4.90 Å². The lowest BCUT2D eigenvalue weighted by Gasteiger charge is -2.12. The number of nitrogens with zero attached hydrogens (tertiary/aromatic N) is 1. The van der Waals surface area contributed by atoms with Crippen molar-refractivity contribution < 1.29 is 19.1 Å². The van der Waals surface area contributed by atoms with Crippen molar-refractivity contribution in [2.75, 3.05) is 13.7 Å². The van der Waals surface area contributed by atoms with Crippen LogP contribution in [0.25, 0.3) is 6.08 Å². The fraction of sp³-hybridized carbons (Fsp3) is 0.190. The van der Waals surface area contributed by atoms with E-state index in [1.165, 1.54) is 23.8 Å². The van der Waals surface area contributed by atoms with E-state index in [1.54, 1.807) is 36.4 Å². The Labute approximate surface area is 193 Å². The number of rotatable bonds is 7. The molecule has 0 aromatic heterocycles. The quantitative estimate of drug-likeness (QED) is 0.302. The van der Waals surface area contributed by atoms with Gasteiger partial charge in [0.15, 0.2) is 0 Å². The summed E-state index contributed by atoms with van der Waals surface area (Å²) in [5, 5.41) is 1.10. The van der Waals surface area contributed by atoms with Crippen LogP contribution in [0.5, 0.6) is 5.75 Å². The molecular formula is C21H17Cl2NO4S2. The molecule has 0 spiro atoms. The third-order valence-electron chi connectivity index (χ3n) is 4.26. The fourth-order valence-corrected chi connectivity index (χ4v) is 4.45. The van der Waals surface area contributed by atoms with Crippen molar-refractivity contribution in [3.63, 3.8) is 0 Å². The number of amides is 1. The monoisotopic (exact) mass is 481 g/mol. The molecule has 0 aliphatic carbocycles. The van der Waals surface area contributed by atoms with Crippen LogP contribution in [0.3, 0.4) is 0 Å². The maximum absolute atomic E-state index is 12.6. The second-order valence-electron chi connectivity index (χ2n) is 6.22. The molecule has 1 amide bonds. The van der Waals surface area contributed by atoms with Gasteiger partial charge in [0, 0.05) is 22.2 Å². The average molecular weight is 482 g/mol. The summed E-state index contributed by atoms with van der Waals surface area (Å²) >= 11 is 18.8. The van der Waals surface area contributed by atoms with Crippen LogP contribution in [0.4, 0.5) is 0 Å². The van der Waals surface area contributed by atoms with E-state index in [4.69, 9.17) is 40.2 Å². The minimum Gasteiger partial charge on any atom is -0.489 e. The number of carbonyl (C=O) groups is 2. The SMILES string of the molecule is COC(=O)CCN1C(=O)/C(=C/c2ccc(OCc3c(Cl)cccc3Cl)cc2)SC1=S. The number of hydrogen-bond donors (Lipinski definition) is 0. The van der Waals surface area contributed by atoms with Crippen LogP contribution in [0.2, 0.25) is 10.0 Å². The lowest BCUT2D eigenvalue weighted by molar-refractivity contribution is -0.140. The highest BCUT2D eigenvalue weighted by atomic mass is 35.5. The van der Waals surface area contributed by atoms with E-state index in [1.807, 2.05) is 12.1 Å². The normalized spacial score (nSPS) is 15.0. The van der Waals surface area contributed by atoms with Gasteiger partial charge in [-0.1, -0.05) is 65.4 Å². The number of ether oxygens (including phenoxy) is 2. The minimum atomic E-state index is -0.387. The van der Waals surface area contributed by atoms with Crippen LogP contribution in [0, 0.1) is 0 Å². The van der Waals surface area contributed by atoms with Gasteiger partial charge in [-0.05, 0) is 35.9 Å². The Hall–Kier alpha value is -2.06. The van der Waals surface area contributed by atoms with Gasteiger partial charge >= 0.3 is 5.97 Å². The van der Waals surface area contributed by atoms with Gasteiger partial charge in [0.2, 0.25) is 0 Å². The van der Waals surface area contributed by atoms with Crippen LogP contribution in [0.1, 0.15) is 17.5 Å². The Bertz CT molecular complexity index is 988. The number of thioether (sulfide) groups is 1. The lowest BCUT2D eigenvalue weighted by Crippen LogP contribution is -2.30. The molecule has 1 aliphatic rings. The van der Waals surface area contributed by atoms with Crippen molar-refractivity contribution in [3.8, 4) is 5.75 Å². The summed E-state index contributed by atoms with van der Waals surface area (Å²) in [7, 11) is 1.31. The van der Waals surface area contributed by atoms with E-state index in [0.717, 1.165) is 11.1 Å². The largest absolute Gasteiger partial charge is 0.489 e. The first-order valence-corrected chi connectivity index (χ1v) is 10.8. The number of benzene rings is 2. The predicted molar refractivity (Wildman–Crippen MR) is 124 cm³/mol. The molecular weight excluding hydrogens is 465 g/mol. The number of hydrogen-bond acceptors (Lipinski definition) is 6. The van der Waals surface area contributed by atoms with Crippen molar-refractivity contribution >= 4 is 69.5 Å². The lowest BCUT2D eigenvalue weighted by atomic mass is 10.2. The summed E-state index contributed by atoms with van der Waals surface area (Å²) in [5.41, 5.74) is 1.55. The van der Waals surface area contributed by atoms with Crippen LogP contribution in [-0.4, -0.2) is 34.8 Å². The van der Waals surface area contributed by atoms with Crippen LogP contribution in [-0.2, 0) is 20.9 Å². The van der Waals surface area contributed by atoms with Crippen molar-refractivity contribution in [1.29, 1.82) is 0 Å². The molecule has 9 heteroatoms. The van der Waals surface area contributed by atoms with Gasteiger partial charge in [0.25, 0.3) is 5.91 Å². The highest BCUT2D eigenvalue weighted by Crippen LogP contribution is 2.33. The molecule has 0 N–H and O–H groups in total. The molecule has 2 aromatic carbocycles. The molecule has 1 aliphatic heterocycles. The van der Waals surface area contributed by atoms with Crippen molar-refractivity contribution in [2.24, 2.45) is 0 Å². The van der Waals surface area contributed by atoms with E-state index >= 15 is 0 Å². The van der Waals surface area contributed by atoms with E-state index in [0.29, 0.717) is 25.0 Å². The summed E-state index contributed by atoms with van der Waals surface area (Å²) in [4.78, 5) is 25.8. The first kappa shape index (κ1) is 22.6. The Morgan fingerprint density at radius 3 is 2.47 bits per heavy atom. The molecule has 0 saturated carbocycles. The third kappa shape index (κ3) is 5.55. The predicted octanol–water partition coefficient (Wildman–Crippen LogP) is 5.34. The molecule has 0 bridgehead atoms. The smallest absolute Gasteiger partial charge is 0.307 e. The van der Waals surface area contributed by atoms with Gasteiger partial charge in [-0.25, -0.2) is 0 Å². The van der Waals surface area contributed by atoms with Gasteiger partial charge < -0.3 is 9.47 Å². The highest BCUT2D eigenvalue weighted by molar-refractivity contribution is 8.26. The second kappa shape index (κ2) is 10.3. The van der Waals surface area contributed by atoms with Crippen LogP contribution >= 0.6 is 47.2 Å². The highest BCUT2D eigenvalue weighted by Gasteiger charge is 2.32. The van der Waals surface area contributed by atoms with Gasteiger partial charge in [0.05, 0.1) is 18.4 Å². The molecule has 1 heterocycles. The first-order valence-electron chi connectivity index (χ1n) is 8.87. The zero-order valence-electron chi connectivity index (χ0n) is 15.9. The summed E-state index contributed by atoms with van der Waals surface area (Å²) in [6, 6.07) is 12.6. The third-order valence-corrected chi connectivity index (χ3v) is 6.35. The molecule has 30 heavy (non-hydrogen) atoms. The summed E-state index contributed by atoms with van der Waals surface area (Å²) < 4.78 is 10.8. The Morgan fingerprint density at radius 1 is 1.17 bits per heavy atom. The fourth-order valence-electron chi connectivity index (χ4n) is 2.64. The molecule has 5 nitrogen and oxygen atoms in total. The Balaban J connectivity index is 1.63. The standard InChI is InChI=1S/C21H17Cl2NO4S2/c1-27-19(25)9-10-24-20(26)18(30-21(24)29)11-13-5-7-14(8-6-13)28-12-15-16(22)3-2-4-17(15)23/h2-8,11H,9-10,12H2,1H3/b18-11-. The molecule has 0 atom stereocenters. The number of carbonyl (C=O) groups excluding carboxylic acids is 2. The molecule has 2 aromatic rings. The van der Waals surface area contributed by atoms with Crippen LogP contribution in [0.15, 0.2) is 47.4 Å². The number of thiocarbonyl (C=S) groups is 1. The van der Waals surface area contributed by atoms with E-state index in [-0.39, 0.29) is 31.4 Å². The molecule has 3 rings (SSSR count). The van der Waals surface area contributed by atoms with E-state index < -0.39 is 0 Å². The van der Waals surface area contributed by atoms with E-state index in [9.17, 15) is 9.59 Å². The van der Waals surface area contributed by atoms with E-state index in [2.05, 4.69) is 4.74 Å². The minimum absolute atomic E-state index is 0.0949. The molecule has 1 fully saturated rings. The maximum Gasteiger partial charge on any atom is 0.307 e. The molecule has 0 radical (unpaired) electrons. The van der Waals surface area contributed by atoms with Gasteiger partial charge in [-0.15, -0.1) is 0 Å². The molecule has 1 saturated heterocycles. The molecule has 156 valence electrons. The zero-order valence-corrected chi connectivity index (χ0v) is 19.0.